The van der Waals surface area contributed by atoms with Crippen LogP contribution < -0.4 is 0 Å². The first-order chi connectivity index (χ1) is 16.2. The summed E-state index contributed by atoms with van der Waals surface area (Å²) < 4.78 is 40.4. The zero-order chi connectivity index (χ0) is 23.9. The molecule has 2 aliphatic rings. The summed E-state index contributed by atoms with van der Waals surface area (Å²) >= 11 is 1.69. The summed E-state index contributed by atoms with van der Waals surface area (Å²) in [6.45, 7) is 5.00. The van der Waals surface area contributed by atoms with E-state index in [9.17, 15) is 13.2 Å². The van der Waals surface area contributed by atoms with E-state index in [0.29, 0.717) is 17.4 Å². The topological polar surface area (TPSA) is 59.7 Å². The fourth-order valence-corrected chi connectivity index (χ4v) is 5.81. The Morgan fingerprint density at radius 3 is 2.62 bits per heavy atom. The van der Waals surface area contributed by atoms with Gasteiger partial charge >= 0.3 is 6.18 Å². The summed E-state index contributed by atoms with van der Waals surface area (Å²) in [5, 5.41) is 9.44. The molecule has 6 nitrogen and oxygen atoms in total. The van der Waals surface area contributed by atoms with Crippen LogP contribution >= 0.6 is 11.8 Å². The lowest BCUT2D eigenvalue weighted by Gasteiger charge is -2.16. The van der Waals surface area contributed by atoms with Gasteiger partial charge < -0.3 is 9.47 Å². The van der Waals surface area contributed by atoms with E-state index in [2.05, 4.69) is 25.1 Å². The Hall–Kier alpha value is -2.46. The summed E-state index contributed by atoms with van der Waals surface area (Å²) in [5.74, 6) is 2.04. The summed E-state index contributed by atoms with van der Waals surface area (Å²) in [4.78, 5) is 11.2. The SMILES string of the molecule is Cc1cnc(-c2nnc(SCCCN3CC[C@@]4(C[C@H]4c4ccc(C(F)(F)F)cc4)C3)n2C)cn1. The molecule has 34 heavy (non-hydrogen) atoms. The first-order valence-corrected chi connectivity index (χ1v) is 12.4. The smallest absolute Gasteiger partial charge is 0.304 e. The van der Waals surface area contributed by atoms with E-state index >= 15 is 0 Å². The van der Waals surface area contributed by atoms with Crippen LogP contribution in [0.25, 0.3) is 11.5 Å². The molecule has 0 N–H and O–H groups in total. The maximum Gasteiger partial charge on any atom is 0.416 e. The molecule has 1 saturated heterocycles. The number of halogens is 3. The van der Waals surface area contributed by atoms with Gasteiger partial charge in [0.15, 0.2) is 11.0 Å². The molecule has 5 rings (SSSR count). The van der Waals surface area contributed by atoms with Crippen LogP contribution in [-0.2, 0) is 13.2 Å². The Kier molecular flexibility index (Phi) is 6.14. The van der Waals surface area contributed by atoms with Gasteiger partial charge in [0.05, 0.1) is 17.5 Å². The molecule has 3 heterocycles. The van der Waals surface area contributed by atoms with Gasteiger partial charge in [-0.3, -0.25) is 4.98 Å². The van der Waals surface area contributed by atoms with Crippen molar-refractivity contribution in [2.24, 2.45) is 12.5 Å². The third-order valence-corrected chi connectivity index (χ3v) is 8.10. The number of nitrogens with zero attached hydrogens (tertiary/aromatic N) is 6. The molecule has 10 heteroatoms. The Labute approximate surface area is 201 Å². The fraction of sp³-hybridized carbons (Fsp3) is 0.500. The van der Waals surface area contributed by atoms with Gasteiger partial charge in [-0.2, -0.15) is 13.2 Å². The molecule has 1 aliphatic heterocycles. The lowest BCUT2D eigenvalue weighted by molar-refractivity contribution is -0.137. The van der Waals surface area contributed by atoms with Crippen molar-refractivity contribution >= 4 is 11.8 Å². The predicted molar refractivity (Wildman–Crippen MR) is 124 cm³/mol. The minimum Gasteiger partial charge on any atom is -0.304 e. The van der Waals surface area contributed by atoms with Crippen molar-refractivity contribution in [3.05, 3.63) is 53.5 Å². The number of thioether (sulfide) groups is 1. The van der Waals surface area contributed by atoms with Crippen molar-refractivity contribution in [3.8, 4) is 11.5 Å². The lowest BCUT2D eigenvalue weighted by Crippen LogP contribution is -2.23. The zero-order valence-electron chi connectivity index (χ0n) is 19.2. The normalized spacial score (nSPS) is 22.6. The van der Waals surface area contributed by atoms with Crippen LogP contribution in [0.3, 0.4) is 0 Å². The van der Waals surface area contributed by atoms with E-state index in [1.54, 1.807) is 36.3 Å². The van der Waals surface area contributed by atoms with Crippen LogP contribution in [0, 0.1) is 12.3 Å². The second-order valence-corrected chi connectivity index (χ2v) is 10.4. The molecule has 0 radical (unpaired) electrons. The Balaban J connectivity index is 1.09. The highest BCUT2D eigenvalue weighted by Crippen LogP contribution is 2.64. The molecular weight excluding hydrogens is 461 g/mol. The van der Waals surface area contributed by atoms with Crippen molar-refractivity contribution in [1.29, 1.82) is 0 Å². The molecule has 0 unspecified atom stereocenters. The number of alkyl halides is 3. The van der Waals surface area contributed by atoms with Crippen LogP contribution in [0.15, 0.2) is 41.8 Å². The molecule has 1 saturated carbocycles. The van der Waals surface area contributed by atoms with Crippen LogP contribution in [0.1, 0.15) is 42.0 Å². The van der Waals surface area contributed by atoms with Crippen molar-refractivity contribution in [1.82, 2.24) is 29.6 Å². The first-order valence-electron chi connectivity index (χ1n) is 11.5. The number of hydrogen-bond acceptors (Lipinski definition) is 6. The third kappa shape index (κ3) is 4.70. The molecule has 0 amide bonds. The van der Waals surface area contributed by atoms with E-state index in [-0.39, 0.29) is 5.41 Å². The molecule has 2 aromatic heterocycles. The highest BCUT2D eigenvalue weighted by atomic mass is 32.2. The summed E-state index contributed by atoms with van der Waals surface area (Å²) in [7, 11) is 1.94. The van der Waals surface area contributed by atoms with Crippen LogP contribution in [0.5, 0.6) is 0 Å². The van der Waals surface area contributed by atoms with Crippen LogP contribution in [0.4, 0.5) is 13.2 Å². The van der Waals surface area contributed by atoms with E-state index in [4.69, 9.17) is 0 Å². The number of rotatable bonds is 7. The van der Waals surface area contributed by atoms with Crippen molar-refractivity contribution in [3.63, 3.8) is 0 Å². The molecule has 0 bridgehead atoms. The number of aromatic nitrogens is 5. The van der Waals surface area contributed by atoms with Gasteiger partial charge in [0.1, 0.15) is 5.69 Å². The van der Waals surface area contributed by atoms with E-state index in [1.807, 2.05) is 18.5 Å². The first kappa shape index (κ1) is 23.3. The Morgan fingerprint density at radius 2 is 1.91 bits per heavy atom. The second-order valence-electron chi connectivity index (χ2n) is 9.38. The van der Waals surface area contributed by atoms with Crippen molar-refractivity contribution < 1.29 is 13.2 Å². The summed E-state index contributed by atoms with van der Waals surface area (Å²) in [5.41, 5.74) is 2.29. The van der Waals surface area contributed by atoms with Gasteiger partial charge in [-0.15, -0.1) is 10.2 Å². The van der Waals surface area contributed by atoms with E-state index in [0.717, 1.165) is 61.1 Å². The Bertz CT molecular complexity index is 1150. The quantitative estimate of drug-likeness (QED) is 0.346. The largest absolute Gasteiger partial charge is 0.416 e. The number of hydrogen-bond donors (Lipinski definition) is 0. The molecule has 3 aromatic rings. The fourth-order valence-electron chi connectivity index (χ4n) is 4.97. The average molecular weight is 489 g/mol. The van der Waals surface area contributed by atoms with Gasteiger partial charge in [-0.25, -0.2) is 4.98 Å². The minimum absolute atomic E-state index is 0.250. The van der Waals surface area contributed by atoms with Crippen molar-refractivity contribution in [2.45, 2.75) is 43.4 Å². The highest BCUT2D eigenvalue weighted by Gasteiger charge is 2.57. The molecule has 2 atom stereocenters. The molecular formula is C24H27F3N6S. The molecule has 1 aliphatic carbocycles. The van der Waals surface area contributed by atoms with Gasteiger partial charge in [-0.1, -0.05) is 23.9 Å². The predicted octanol–water partition coefficient (Wildman–Crippen LogP) is 4.96. The van der Waals surface area contributed by atoms with Crippen LogP contribution in [-0.4, -0.2) is 55.0 Å². The Morgan fingerprint density at radius 1 is 1.12 bits per heavy atom. The van der Waals surface area contributed by atoms with E-state index in [1.165, 1.54) is 12.1 Å². The maximum atomic E-state index is 12.8. The van der Waals surface area contributed by atoms with Gasteiger partial charge in [0, 0.05) is 25.5 Å². The second kappa shape index (κ2) is 8.96. The van der Waals surface area contributed by atoms with Crippen LogP contribution in [0.2, 0.25) is 0 Å². The maximum absolute atomic E-state index is 12.8. The molecule has 1 spiro atoms. The number of aryl methyl sites for hydroxylation is 1. The molecule has 180 valence electrons. The monoisotopic (exact) mass is 488 g/mol. The van der Waals surface area contributed by atoms with E-state index < -0.39 is 11.7 Å². The third-order valence-electron chi connectivity index (χ3n) is 6.99. The standard InChI is InChI=1S/C24H27F3N6S/c1-16-13-29-20(14-28-16)21-30-31-22(32(21)2)34-11-3-9-33-10-8-23(15-33)12-19(23)17-4-6-18(7-5-17)24(25,26)27/h4-7,13-14,19H,3,8-12,15H2,1-2H3/t19-,23+/m0/s1. The van der Waals surface area contributed by atoms with Gasteiger partial charge in [-0.05, 0) is 68.3 Å². The molecule has 1 aromatic carbocycles. The summed E-state index contributed by atoms with van der Waals surface area (Å²) in [6.07, 6.45) is 2.40. The van der Waals surface area contributed by atoms with Crippen molar-refractivity contribution in [2.75, 3.05) is 25.4 Å². The zero-order valence-corrected chi connectivity index (χ0v) is 20.0. The average Bonchev–Trinajstić information content (AvgIpc) is 3.16. The highest BCUT2D eigenvalue weighted by molar-refractivity contribution is 7.99. The lowest BCUT2D eigenvalue weighted by atomic mass is 9.97. The minimum atomic E-state index is -4.27. The number of likely N-dealkylation sites (tertiary alicyclic amines) is 1. The van der Waals surface area contributed by atoms with Gasteiger partial charge in [0.25, 0.3) is 0 Å². The van der Waals surface area contributed by atoms with Gasteiger partial charge in [0.2, 0.25) is 0 Å². The molecule has 2 fully saturated rings. The summed E-state index contributed by atoms with van der Waals surface area (Å²) in [6, 6.07) is 5.76. The number of benzene rings is 1.